The molecule has 0 aliphatic heterocycles. The van der Waals surface area contributed by atoms with E-state index >= 15 is 0 Å². The summed E-state index contributed by atoms with van der Waals surface area (Å²) in [6.07, 6.45) is 1.47. The number of aromatic nitrogens is 2. The number of imidazole rings is 1. The summed E-state index contributed by atoms with van der Waals surface area (Å²) in [5, 5.41) is 3.48. The van der Waals surface area contributed by atoms with Crippen LogP contribution >= 0.6 is 11.6 Å². The minimum Gasteiger partial charge on any atom is -0.459 e. The maximum atomic E-state index is 12.0. The van der Waals surface area contributed by atoms with Gasteiger partial charge in [0.1, 0.15) is 5.82 Å². The van der Waals surface area contributed by atoms with Gasteiger partial charge in [-0.25, -0.2) is 4.98 Å². The molecule has 0 saturated heterocycles. The second kappa shape index (κ2) is 6.11. The van der Waals surface area contributed by atoms with Gasteiger partial charge < -0.3 is 14.7 Å². The van der Waals surface area contributed by atoms with Crippen LogP contribution in [-0.2, 0) is 0 Å². The van der Waals surface area contributed by atoms with Gasteiger partial charge in [-0.3, -0.25) is 4.79 Å². The third-order valence-electron chi connectivity index (χ3n) is 3.92. The molecule has 2 N–H and O–H groups in total. The molecule has 2 aromatic carbocycles. The number of fused-ring (bicyclic) bond motifs is 1. The van der Waals surface area contributed by atoms with Gasteiger partial charge in [0.15, 0.2) is 5.76 Å². The van der Waals surface area contributed by atoms with Crippen molar-refractivity contribution in [3.05, 3.63) is 71.1 Å². The molecule has 0 saturated carbocycles. The molecule has 0 spiro atoms. The largest absolute Gasteiger partial charge is 0.459 e. The number of amides is 1. The van der Waals surface area contributed by atoms with Crippen LogP contribution in [0.2, 0.25) is 5.02 Å². The summed E-state index contributed by atoms with van der Waals surface area (Å²) in [7, 11) is 0. The molecule has 2 heterocycles. The van der Waals surface area contributed by atoms with Crippen LogP contribution in [0.3, 0.4) is 0 Å². The van der Waals surface area contributed by atoms with Crippen LogP contribution < -0.4 is 5.32 Å². The molecule has 0 fully saturated rings. The Labute approximate surface area is 148 Å². The second-order valence-corrected chi connectivity index (χ2v) is 6.12. The van der Waals surface area contributed by atoms with E-state index < -0.39 is 0 Å². The van der Waals surface area contributed by atoms with Gasteiger partial charge in [-0.1, -0.05) is 11.6 Å². The molecule has 6 heteroatoms. The number of aryl methyl sites for hydroxylation is 1. The molecular formula is C19H14ClN3O2. The minimum absolute atomic E-state index is 0.272. The molecule has 124 valence electrons. The number of halogens is 1. The van der Waals surface area contributed by atoms with Gasteiger partial charge in [0, 0.05) is 16.3 Å². The molecule has 0 unspecified atom stereocenters. The van der Waals surface area contributed by atoms with Crippen molar-refractivity contribution in [3.8, 4) is 11.4 Å². The smallest absolute Gasteiger partial charge is 0.291 e. The average Bonchev–Trinajstić information content (AvgIpc) is 3.26. The lowest BCUT2D eigenvalue weighted by Crippen LogP contribution is -2.10. The predicted molar refractivity (Wildman–Crippen MR) is 97.9 cm³/mol. The maximum absolute atomic E-state index is 12.0. The van der Waals surface area contributed by atoms with Gasteiger partial charge in [0.25, 0.3) is 5.91 Å². The van der Waals surface area contributed by atoms with E-state index in [4.69, 9.17) is 16.0 Å². The van der Waals surface area contributed by atoms with Gasteiger partial charge in [-0.05, 0) is 61.0 Å². The second-order valence-electron chi connectivity index (χ2n) is 5.71. The lowest BCUT2D eigenvalue weighted by atomic mass is 10.2. The number of carbonyl (C=O) groups is 1. The van der Waals surface area contributed by atoms with E-state index in [0.717, 1.165) is 28.0 Å². The van der Waals surface area contributed by atoms with Crippen molar-refractivity contribution in [2.24, 2.45) is 0 Å². The first kappa shape index (κ1) is 15.5. The van der Waals surface area contributed by atoms with Crippen molar-refractivity contribution in [3.63, 3.8) is 0 Å². The fourth-order valence-electron chi connectivity index (χ4n) is 2.59. The highest BCUT2D eigenvalue weighted by molar-refractivity contribution is 6.32. The van der Waals surface area contributed by atoms with Crippen LogP contribution in [-0.4, -0.2) is 15.9 Å². The Kier molecular flexibility index (Phi) is 3.78. The normalized spacial score (nSPS) is 11.0. The van der Waals surface area contributed by atoms with Crippen LogP contribution in [0.1, 0.15) is 16.1 Å². The molecule has 0 aliphatic rings. The first-order valence-corrected chi connectivity index (χ1v) is 8.09. The zero-order valence-corrected chi connectivity index (χ0v) is 14.1. The monoisotopic (exact) mass is 351 g/mol. The fourth-order valence-corrected chi connectivity index (χ4v) is 2.75. The molecule has 0 radical (unpaired) electrons. The van der Waals surface area contributed by atoms with Crippen LogP contribution in [0.4, 0.5) is 5.69 Å². The van der Waals surface area contributed by atoms with E-state index in [2.05, 4.69) is 15.3 Å². The molecule has 0 bridgehead atoms. The summed E-state index contributed by atoms with van der Waals surface area (Å²) < 4.78 is 5.08. The Balaban J connectivity index is 1.58. The van der Waals surface area contributed by atoms with Crippen molar-refractivity contribution in [2.45, 2.75) is 6.92 Å². The number of rotatable bonds is 3. The SMILES string of the molecule is Cc1cc2[nH]c(-c3ccc(NC(=O)c4ccco4)cc3)nc2cc1Cl. The van der Waals surface area contributed by atoms with Crippen LogP contribution in [0.5, 0.6) is 0 Å². The third-order valence-corrected chi connectivity index (χ3v) is 4.33. The number of carbonyl (C=O) groups excluding carboxylic acids is 1. The number of aromatic amines is 1. The van der Waals surface area contributed by atoms with Crippen LogP contribution in [0.15, 0.2) is 59.2 Å². The van der Waals surface area contributed by atoms with Crippen molar-refractivity contribution < 1.29 is 9.21 Å². The lowest BCUT2D eigenvalue weighted by molar-refractivity contribution is 0.0996. The van der Waals surface area contributed by atoms with Crippen molar-refractivity contribution in [2.75, 3.05) is 5.32 Å². The Bertz CT molecular complexity index is 1010. The van der Waals surface area contributed by atoms with Crippen LogP contribution in [0, 0.1) is 6.92 Å². The van der Waals surface area contributed by atoms with Crippen molar-refractivity contribution >= 4 is 34.2 Å². The highest BCUT2D eigenvalue weighted by Crippen LogP contribution is 2.26. The zero-order chi connectivity index (χ0) is 17.4. The molecule has 0 atom stereocenters. The zero-order valence-electron chi connectivity index (χ0n) is 13.3. The molecule has 2 aromatic heterocycles. The number of H-pyrrole nitrogens is 1. The number of nitrogens with zero attached hydrogens (tertiary/aromatic N) is 1. The van der Waals surface area contributed by atoms with E-state index in [9.17, 15) is 4.79 Å². The standard InChI is InChI=1S/C19H14ClN3O2/c1-11-9-15-16(10-14(11)20)23-18(22-15)12-4-6-13(7-5-12)21-19(24)17-3-2-8-25-17/h2-10H,1H3,(H,21,24)(H,22,23). The summed E-state index contributed by atoms with van der Waals surface area (Å²) in [6.45, 7) is 1.96. The number of hydrogen-bond donors (Lipinski definition) is 2. The first-order valence-electron chi connectivity index (χ1n) is 7.71. The molecular weight excluding hydrogens is 338 g/mol. The fraction of sp³-hybridized carbons (Fsp3) is 0.0526. The predicted octanol–water partition coefficient (Wildman–Crippen LogP) is 5.04. The molecule has 0 aliphatic carbocycles. The van der Waals surface area contributed by atoms with Gasteiger partial charge >= 0.3 is 0 Å². The molecule has 4 rings (SSSR count). The Morgan fingerprint density at radius 1 is 1.20 bits per heavy atom. The number of benzene rings is 2. The topological polar surface area (TPSA) is 70.9 Å². The summed E-state index contributed by atoms with van der Waals surface area (Å²) in [4.78, 5) is 19.8. The minimum atomic E-state index is -0.286. The van der Waals surface area contributed by atoms with E-state index in [1.54, 1.807) is 12.1 Å². The molecule has 25 heavy (non-hydrogen) atoms. The van der Waals surface area contributed by atoms with Crippen molar-refractivity contribution in [1.29, 1.82) is 0 Å². The number of hydrogen-bond acceptors (Lipinski definition) is 3. The van der Waals surface area contributed by atoms with Gasteiger partial charge in [-0.2, -0.15) is 0 Å². The first-order chi connectivity index (χ1) is 12.1. The van der Waals surface area contributed by atoms with Gasteiger partial charge in [0.2, 0.25) is 0 Å². The van der Waals surface area contributed by atoms with Crippen molar-refractivity contribution in [1.82, 2.24) is 9.97 Å². The van der Waals surface area contributed by atoms with E-state index in [-0.39, 0.29) is 11.7 Å². The Morgan fingerprint density at radius 2 is 2.00 bits per heavy atom. The Morgan fingerprint density at radius 3 is 2.72 bits per heavy atom. The van der Waals surface area contributed by atoms with Gasteiger partial charge in [0.05, 0.1) is 17.3 Å². The number of anilines is 1. The highest BCUT2D eigenvalue weighted by atomic mass is 35.5. The lowest BCUT2D eigenvalue weighted by Gasteiger charge is -2.04. The Hall–Kier alpha value is -3.05. The summed E-state index contributed by atoms with van der Waals surface area (Å²) in [6, 6.07) is 14.5. The highest BCUT2D eigenvalue weighted by Gasteiger charge is 2.10. The average molecular weight is 352 g/mol. The van der Waals surface area contributed by atoms with Gasteiger partial charge in [-0.15, -0.1) is 0 Å². The quantitative estimate of drug-likeness (QED) is 0.543. The molecule has 4 aromatic rings. The summed E-state index contributed by atoms with van der Waals surface area (Å²) >= 11 is 6.15. The van der Waals surface area contributed by atoms with Crippen LogP contribution in [0.25, 0.3) is 22.4 Å². The molecule has 1 amide bonds. The van der Waals surface area contributed by atoms with E-state index in [1.807, 2.05) is 43.3 Å². The number of furan rings is 1. The van der Waals surface area contributed by atoms with E-state index in [1.165, 1.54) is 6.26 Å². The number of nitrogens with one attached hydrogen (secondary N) is 2. The molecule has 5 nitrogen and oxygen atoms in total. The third kappa shape index (κ3) is 3.02. The van der Waals surface area contributed by atoms with E-state index in [0.29, 0.717) is 10.7 Å². The summed E-state index contributed by atoms with van der Waals surface area (Å²) in [5.41, 5.74) is 4.36. The summed E-state index contributed by atoms with van der Waals surface area (Å²) in [5.74, 6) is 0.737. The maximum Gasteiger partial charge on any atom is 0.291 e.